The number of hydrogen-bond acceptors (Lipinski definition) is 6. The van der Waals surface area contributed by atoms with Gasteiger partial charge in [-0.25, -0.2) is 9.18 Å². The molecule has 0 unspecified atom stereocenters. The van der Waals surface area contributed by atoms with Gasteiger partial charge in [0, 0.05) is 12.1 Å². The summed E-state index contributed by atoms with van der Waals surface area (Å²) in [6.07, 6.45) is 0. The lowest BCUT2D eigenvalue weighted by Crippen LogP contribution is -2.24. The van der Waals surface area contributed by atoms with Crippen molar-refractivity contribution in [2.45, 2.75) is 6.54 Å². The van der Waals surface area contributed by atoms with Crippen molar-refractivity contribution in [2.75, 3.05) is 12.4 Å². The Hall–Kier alpha value is -3.81. The van der Waals surface area contributed by atoms with E-state index in [2.05, 4.69) is 20.8 Å². The molecular formula is C20H17FN4O3. The Labute approximate surface area is 160 Å². The molecule has 2 N–H and O–H groups in total. The van der Waals surface area contributed by atoms with Crippen LogP contribution >= 0.6 is 0 Å². The van der Waals surface area contributed by atoms with Crippen LogP contribution in [0.1, 0.15) is 26.4 Å². The Bertz CT molecular complexity index is 993. The molecule has 3 rings (SSSR count). The summed E-state index contributed by atoms with van der Waals surface area (Å²) in [5.41, 5.74) is 1.31. The van der Waals surface area contributed by atoms with Crippen molar-refractivity contribution in [1.82, 2.24) is 15.5 Å². The van der Waals surface area contributed by atoms with Crippen LogP contribution in [0.2, 0.25) is 0 Å². The van der Waals surface area contributed by atoms with Gasteiger partial charge in [-0.2, -0.15) is 0 Å². The number of rotatable bonds is 6. The molecule has 0 aliphatic rings. The summed E-state index contributed by atoms with van der Waals surface area (Å²) < 4.78 is 18.3. The quantitative estimate of drug-likeness (QED) is 0.639. The minimum absolute atomic E-state index is 0.0414. The standard InChI is InChI=1S/C20H17FN4O3/c1-28-20(27)14-7-3-5-9-16(14)23-18-11-10-17(24-25-18)19(26)22-12-13-6-2-4-8-15(13)21/h2-11H,12H2,1H3,(H,22,26)(H,23,25). The van der Waals surface area contributed by atoms with Gasteiger partial charge in [0.1, 0.15) is 5.82 Å². The second-order valence-corrected chi connectivity index (χ2v) is 5.74. The molecule has 0 aliphatic carbocycles. The number of methoxy groups -OCH3 is 1. The first-order valence-electron chi connectivity index (χ1n) is 8.38. The number of para-hydroxylation sites is 1. The highest BCUT2D eigenvalue weighted by atomic mass is 19.1. The number of halogens is 1. The highest BCUT2D eigenvalue weighted by Gasteiger charge is 2.13. The van der Waals surface area contributed by atoms with Crippen molar-refractivity contribution in [3.63, 3.8) is 0 Å². The lowest BCUT2D eigenvalue weighted by Gasteiger charge is -2.10. The normalized spacial score (nSPS) is 10.2. The van der Waals surface area contributed by atoms with Crippen molar-refractivity contribution in [1.29, 1.82) is 0 Å². The average Bonchev–Trinajstić information content (AvgIpc) is 2.73. The van der Waals surface area contributed by atoms with E-state index in [4.69, 9.17) is 4.74 Å². The van der Waals surface area contributed by atoms with Crippen LogP contribution in [0.4, 0.5) is 15.9 Å². The molecule has 7 nitrogen and oxygen atoms in total. The lowest BCUT2D eigenvalue weighted by atomic mass is 10.2. The number of carbonyl (C=O) groups is 2. The van der Waals surface area contributed by atoms with E-state index < -0.39 is 17.7 Å². The third kappa shape index (κ3) is 4.47. The molecule has 0 radical (unpaired) electrons. The number of amides is 1. The van der Waals surface area contributed by atoms with E-state index in [0.717, 1.165) is 0 Å². The maximum atomic E-state index is 13.6. The summed E-state index contributed by atoms with van der Waals surface area (Å²) in [4.78, 5) is 24.0. The second-order valence-electron chi connectivity index (χ2n) is 5.74. The zero-order chi connectivity index (χ0) is 19.9. The van der Waals surface area contributed by atoms with Crippen LogP contribution < -0.4 is 10.6 Å². The second kappa shape index (κ2) is 8.72. The van der Waals surface area contributed by atoms with E-state index in [9.17, 15) is 14.0 Å². The summed E-state index contributed by atoms with van der Waals surface area (Å²) in [6, 6.07) is 16.0. The molecule has 0 bridgehead atoms. The SMILES string of the molecule is COC(=O)c1ccccc1Nc1ccc(C(=O)NCc2ccccc2F)nn1. The summed E-state index contributed by atoms with van der Waals surface area (Å²) in [5, 5.41) is 13.4. The van der Waals surface area contributed by atoms with Crippen LogP contribution in [0.15, 0.2) is 60.7 Å². The number of esters is 1. The van der Waals surface area contributed by atoms with Crippen molar-refractivity contribution in [3.8, 4) is 0 Å². The minimum Gasteiger partial charge on any atom is -0.465 e. The third-order valence-corrected chi connectivity index (χ3v) is 3.89. The molecule has 0 saturated heterocycles. The van der Waals surface area contributed by atoms with E-state index in [0.29, 0.717) is 22.6 Å². The zero-order valence-corrected chi connectivity index (χ0v) is 15.0. The largest absolute Gasteiger partial charge is 0.465 e. The number of nitrogens with one attached hydrogen (secondary N) is 2. The van der Waals surface area contributed by atoms with Crippen molar-refractivity contribution in [2.24, 2.45) is 0 Å². The molecule has 1 amide bonds. The van der Waals surface area contributed by atoms with Crippen molar-refractivity contribution in [3.05, 3.63) is 83.3 Å². The van der Waals surface area contributed by atoms with Crippen LogP contribution in [0.3, 0.4) is 0 Å². The molecule has 3 aromatic rings. The molecule has 0 fully saturated rings. The van der Waals surface area contributed by atoms with Gasteiger partial charge in [-0.1, -0.05) is 30.3 Å². The van der Waals surface area contributed by atoms with E-state index in [1.54, 1.807) is 48.5 Å². The Morgan fingerprint density at radius 2 is 1.75 bits per heavy atom. The van der Waals surface area contributed by atoms with Gasteiger partial charge in [0.2, 0.25) is 0 Å². The van der Waals surface area contributed by atoms with Gasteiger partial charge in [0.05, 0.1) is 18.4 Å². The van der Waals surface area contributed by atoms with Crippen molar-refractivity contribution >= 4 is 23.4 Å². The molecule has 0 aliphatic heterocycles. The van der Waals surface area contributed by atoms with Crippen LogP contribution in [0.5, 0.6) is 0 Å². The number of hydrogen-bond donors (Lipinski definition) is 2. The fourth-order valence-corrected chi connectivity index (χ4v) is 2.45. The summed E-state index contributed by atoms with van der Waals surface area (Å²) >= 11 is 0. The fourth-order valence-electron chi connectivity index (χ4n) is 2.45. The maximum absolute atomic E-state index is 13.6. The lowest BCUT2D eigenvalue weighted by molar-refractivity contribution is 0.0601. The maximum Gasteiger partial charge on any atom is 0.339 e. The number of anilines is 2. The first-order chi connectivity index (χ1) is 13.6. The molecule has 0 spiro atoms. The van der Waals surface area contributed by atoms with E-state index in [-0.39, 0.29) is 12.2 Å². The molecule has 28 heavy (non-hydrogen) atoms. The van der Waals surface area contributed by atoms with E-state index >= 15 is 0 Å². The van der Waals surface area contributed by atoms with Crippen LogP contribution in [0.25, 0.3) is 0 Å². The molecular weight excluding hydrogens is 363 g/mol. The first kappa shape index (κ1) is 19.0. The number of nitrogens with zero attached hydrogens (tertiary/aromatic N) is 2. The van der Waals surface area contributed by atoms with Gasteiger partial charge in [-0.15, -0.1) is 10.2 Å². The fraction of sp³-hybridized carbons (Fsp3) is 0.100. The Morgan fingerprint density at radius 3 is 2.46 bits per heavy atom. The van der Waals surface area contributed by atoms with Crippen LogP contribution in [-0.4, -0.2) is 29.2 Å². The molecule has 1 heterocycles. The number of carbonyl (C=O) groups excluding carboxylic acids is 2. The summed E-state index contributed by atoms with van der Waals surface area (Å²) in [6.45, 7) is 0.0414. The Morgan fingerprint density at radius 1 is 1.00 bits per heavy atom. The predicted molar refractivity (Wildman–Crippen MR) is 101 cm³/mol. The molecule has 1 aromatic heterocycles. The third-order valence-electron chi connectivity index (χ3n) is 3.89. The van der Waals surface area contributed by atoms with Gasteiger partial charge in [-0.05, 0) is 30.3 Å². The number of aromatic nitrogens is 2. The highest BCUT2D eigenvalue weighted by molar-refractivity contribution is 5.96. The van der Waals surface area contributed by atoms with E-state index in [1.165, 1.54) is 19.2 Å². The average molecular weight is 380 g/mol. The van der Waals surface area contributed by atoms with Gasteiger partial charge in [-0.3, -0.25) is 4.79 Å². The minimum atomic E-state index is -0.486. The zero-order valence-electron chi connectivity index (χ0n) is 15.0. The molecule has 8 heteroatoms. The topological polar surface area (TPSA) is 93.2 Å². The van der Waals surface area contributed by atoms with Gasteiger partial charge < -0.3 is 15.4 Å². The first-order valence-corrected chi connectivity index (χ1v) is 8.38. The van der Waals surface area contributed by atoms with E-state index in [1.807, 2.05) is 0 Å². The van der Waals surface area contributed by atoms with Gasteiger partial charge >= 0.3 is 5.97 Å². The van der Waals surface area contributed by atoms with Crippen LogP contribution in [-0.2, 0) is 11.3 Å². The molecule has 0 atom stereocenters. The Balaban J connectivity index is 1.66. The summed E-state index contributed by atoms with van der Waals surface area (Å²) in [7, 11) is 1.30. The number of benzene rings is 2. The molecule has 2 aromatic carbocycles. The van der Waals surface area contributed by atoms with Gasteiger partial charge in [0.25, 0.3) is 5.91 Å². The summed E-state index contributed by atoms with van der Waals surface area (Å²) in [5.74, 6) is -1.00. The highest BCUT2D eigenvalue weighted by Crippen LogP contribution is 2.20. The van der Waals surface area contributed by atoms with Crippen LogP contribution in [0, 0.1) is 5.82 Å². The monoisotopic (exact) mass is 380 g/mol. The van der Waals surface area contributed by atoms with Crippen molar-refractivity contribution < 1.29 is 18.7 Å². The smallest absolute Gasteiger partial charge is 0.339 e. The Kier molecular flexibility index (Phi) is 5.91. The predicted octanol–water partition coefficient (Wildman–Crippen LogP) is 3.08. The number of ether oxygens (including phenoxy) is 1. The molecule has 0 saturated carbocycles. The molecule has 142 valence electrons. The van der Waals surface area contributed by atoms with Gasteiger partial charge in [0.15, 0.2) is 11.5 Å².